The minimum atomic E-state index is -0.601. The number of nitrogens with one attached hydrogen (secondary N) is 1. The van der Waals surface area contributed by atoms with Crippen LogP contribution in [0.15, 0.2) is 18.3 Å². The van der Waals surface area contributed by atoms with Gasteiger partial charge in [0.05, 0.1) is 11.3 Å². The average Bonchev–Trinajstić information content (AvgIpc) is 2.62. The topological polar surface area (TPSA) is 59.8 Å². The van der Waals surface area contributed by atoms with Gasteiger partial charge in [-0.3, -0.25) is 9.48 Å². The predicted molar refractivity (Wildman–Crippen MR) is 68.0 cm³/mol. The van der Waals surface area contributed by atoms with Gasteiger partial charge in [0.1, 0.15) is 0 Å². The molecule has 0 aliphatic heterocycles. The van der Waals surface area contributed by atoms with Crippen LogP contribution in [0.5, 0.6) is 0 Å². The molecule has 0 saturated carbocycles. The van der Waals surface area contributed by atoms with Crippen LogP contribution in [0.25, 0.3) is 0 Å². The summed E-state index contributed by atoms with van der Waals surface area (Å²) in [6.07, 6.45) is 1.22. The molecule has 0 radical (unpaired) electrons. The van der Waals surface area contributed by atoms with E-state index in [2.05, 4.69) is 15.4 Å². The summed E-state index contributed by atoms with van der Waals surface area (Å²) in [7, 11) is 1.86. The van der Waals surface area contributed by atoms with Crippen molar-refractivity contribution in [1.82, 2.24) is 20.1 Å². The van der Waals surface area contributed by atoms with E-state index >= 15 is 0 Å². The van der Waals surface area contributed by atoms with E-state index in [1.165, 1.54) is 12.3 Å². The van der Waals surface area contributed by atoms with Gasteiger partial charge in [0, 0.05) is 31.0 Å². The van der Waals surface area contributed by atoms with Gasteiger partial charge in [0.15, 0.2) is 0 Å². The van der Waals surface area contributed by atoms with Crippen molar-refractivity contribution < 1.29 is 9.18 Å². The number of pyridine rings is 1. The Balaban J connectivity index is 2.06. The summed E-state index contributed by atoms with van der Waals surface area (Å²) in [5, 5.41) is 7.05. The molecule has 6 heteroatoms. The van der Waals surface area contributed by atoms with E-state index in [0.717, 1.165) is 23.0 Å². The molecular formula is C13H15FN4O. The van der Waals surface area contributed by atoms with Crippen molar-refractivity contribution in [2.45, 2.75) is 20.4 Å². The maximum Gasteiger partial charge on any atom is 0.253 e. The molecule has 0 bridgehead atoms. The summed E-state index contributed by atoms with van der Waals surface area (Å²) >= 11 is 0. The van der Waals surface area contributed by atoms with Gasteiger partial charge in [-0.25, -0.2) is 4.98 Å². The molecule has 1 amide bonds. The average molecular weight is 262 g/mol. The summed E-state index contributed by atoms with van der Waals surface area (Å²) in [4.78, 5) is 15.3. The lowest BCUT2D eigenvalue weighted by molar-refractivity contribution is 0.0950. The molecule has 2 aromatic heterocycles. The zero-order valence-corrected chi connectivity index (χ0v) is 11.1. The van der Waals surface area contributed by atoms with Crippen molar-refractivity contribution in [1.29, 1.82) is 0 Å². The van der Waals surface area contributed by atoms with Crippen LogP contribution in [-0.2, 0) is 13.6 Å². The minimum Gasteiger partial charge on any atom is -0.348 e. The van der Waals surface area contributed by atoms with Gasteiger partial charge in [0.2, 0.25) is 5.95 Å². The molecule has 0 aliphatic carbocycles. The standard InChI is InChI=1S/C13H15FN4O/c1-8-11(9(2)18(3)17-8)7-16-13(19)10-4-5-12(14)15-6-10/h4-6H,7H2,1-3H3,(H,16,19). The fraction of sp³-hybridized carbons (Fsp3) is 0.308. The molecule has 0 aromatic carbocycles. The van der Waals surface area contributed by atoms with Gasteiger partial charge in [-0.05, 0) is 26.0 Å². The number of amides is 1. The first-order valence-electron chi connectivity index (χ1n) is 5.88. The van der Waals surface area contributed by atoms with Crippen molar-refractivity contribution >= 4 is 5.91 Å². The van der Waals surface area contributed by atoms with Gasteiger partial charge in [-0.15, -0.1) is 0 Å². The Kier molecular flexibility index (Phi) is 3.59. The van der Waals surface area contributed by atoms with Gasteiger partial charge < -0.3 is 5.32 Å². The first kappa shape index (κ1) is 13.2. The Bertz CT molecular complexity index is 604. The highest BCUT2D eigenvalue weighted by Gasteiger charge is 2.11. The van der Waals surface area contributed by atoms with Gasteiger partial charge in [-0.2, -0.15) is 9.49 Å². The second kappa shape index (κ2) is 5.17. The lowest BCUT2D eigenvalue weighted by Gasteiger charge is -2.05. The number of aromatic nitrogens is 3. The Hall–Kier alpha value is -2.24. The fourth-order valence-electron chi connectivity index (χ4n) is 1.85. The molecule has 100 valence electrons. The van der Waals surface area contributed by atoms with E-state index in [0.29, 0.717) is 12.1 Å². The quantitative estimate of drug-likeness (QED) is 0.853. The van der Waals surface area contributed by atoms with E-state index in [1.807, 2.05) is 20.9 Å². The molecule has 2 rings (SSSR count). The molecule has 0 saturated heterocycles. The van der Waals surface area contributed by atoms with Crippen LogP contribution < -0.4 is 5.32 Å². The molecule has 5 nitrogen and oxygen atoms in total. The Morgan fingerprint density at radius 2 is 2.16 bits per heavy atom. The number of nitrogens with zero attached hydrogens (tertiary/aromatic N) is 3. The number of rotatable bonds is 3. The number of halogens is 1. The first-order valence-corrected chi connectivity index (χ1v) is 5.88. The number of carbonyl (C=O) groups is 1. The molecule has 2 heterocycles. The van der Waals surface area contributed by atoms with E-state index in [4.69, 9.17) is 0 Å². The molecule has 0 spiro atoms. The molecule has 1 N–H and O–H groups in total. The van der Waals surface area contributed by atoms with Crippen molar-refractivity contribution in [2.75, 3.05) is 0 Å². The normalized spacial score (nSPS) is 10.5. The third-order valence-electron chi connectivity index (χ3n) is 3.07. The lowest BCUT2D eigenvalue weighted by Crippen LogP contribution is -2.23. The number of hydrogen-bond donors (Lipinski definition) is 1. The van der Waals surface area contributed by atoms with Gasteiger partial charge in [-0.1, -0.05) is 0 Å². The third-order valence-corrected chi connectivity index (χ3v) is 3.07. The predicted octanol–water partition coefficient (Wildman–Crippen LogP) is 1.50. The molecule has 0 aliphatic rings. The number of aryl methyl sites for hydroxylation is 2. The molecule has 2 aromatic rings. The zero-order chi connectivity index (χ0) is 14.0. The number of carbonyl (C=O) groups excluding carboxylic acids is 1. The Morgan fingerprint density at radius 1 is 1.42 bits per heavy atom. The number of hydrogen-bond acceptors (Lipinski definition) is 3. The van der Waals surface area contributed by atoms with Crippen molar-refractivity contribution in [3.05, 3.63) is 46.8 Å². The van der Waals surface area contributed by atoms with Crippen LogP contribution in [0.4, 0.5) is 4.39 Å². The Labute approximate surface area is 110 Å². The fourth-order valence-corrected chi connectivity index (χ4v) is 1.85. The molecule has 19 heavy (non-hydrogen) atoms. The largest absolute Gasteiger partial charge is 0.348 e. The van der Waals surface area contributed by atoms with Crippen LogP contribution in [0.3, 0.4) is 0 Å². The first-order chi connectivity index (χ1) is 8.99. The summed E-state index contributed by atoms with van der Waals surface area (Å²) in [5.41, 5.74) is 3.22. The van der Waals surface area contributed by atoms with Crippen LogP contribution in [0, 0.1) is 19.8 Å². The van der Waals surface area contributed by atoms with Crippen molar-refractivity contribution in [3.8, 4) is 0 Å². The van der Waals surface area contributed by atoms with Gasteiger partial charge >= 0.3 is 0 Å². The monoisotopic (exact) mass is 262 g/mol. The van der Waals surface area contributed by atoms with E-state index < -0.39 is 5.95 Å². The molecule has 0 fully saturated rings. The summed E-state index contributed by atoms with van der Waals surface area (Å²) < 4.78 is 14.4. The Morgan fingerprint density at radius 3 is 2.68 bits per heavy atom. The molecular weight excluding hydrogens is 247 g/mol. The summed E-state index contributed by atoms with van der Waals surface area (Å²) in [5.74, 6) is -0.884. The molecule has 0 atom stereocenters. The maximum atomic E-state index is 12.7. The van der Waals surface area contributed by atoms with E-state index in [-0.39, 0.29) is 5.91 Å². The van der Waals surface area contributed by atoms with E-state index in [1.54, 1.807) is 4.68 Å². The van der Waals surface area contributed by atoms with Crippen LogP contribution in [0.1, 0.15) is 27.3 Å². The second-order valence-electron chi connectivity index (χ2n) is 4.33. The highest BCUT2D eigenvalue weighted by atomic mass is 19.1. The second-order valence-corrected chi connectivity index (χ2v) is 4.33. The summed E-state index contributed by atoms with van der Waals surface area (Å²) in [6, 6.07) is 2.57. The summed E-state index contributed by atoms with van der Waals surface area (Å²) in [6.45, 7) is 4.23. The molecule has 0 unspecified atom stereocenters. The van der Waals surface area contributed by atoms with E-state index in [9.17, 15) is 9.18 Å². The van der Waals surface area contributed by atoms with Crippen LogP contribution in [0.2, 0.25) is 0 Å². The maximum absolute atomic E-state index is 12.7. The minimum absolute atomic E-state index is 0.282. The SMILES string of the molecule is Cc1nn(C)c(C)c1CNC(=O)c1ccc(F)nc1. The van der Waals surface area contributed by atoms with Crippen molar-refractivity contribution in [3.63, 3.8) is 0 Å². The van der Waals surface area contributed by atoms with Crippen molar-refractivity contribution in [2.24, 2.45) is 7.05 Å². The smallest absolute Gasteiger partial charge is 0.253 e. The van der Waals surface area contributed by atoms with Crippen LogP contribution in [-0.4, -0.2) is 20.7 Å². The zero-order valence-electron chi connectivity index (χ0n) is 11.1. The highest BCUT2D eigenvalue weighted by Crippen LogP contribution is 2.11. The van der Waals surface area contributed by atoms with Crippen LogP contribution >= 0.6 is 0 Å². The lowest BCUT2D eigenvalue weighted by atomic mass is 10.2. The van der Waals surface area contributed by atoms with Gasteiger partial charge in [0.25, 0.3) is 5.91 Å². The highest BCUT2D eigenvalue weighted by molar-refractivity contribution is 5.93. The third kappa shape index (κ3) is 2.78.